The van der Waals surface area contributed by atoms with E-state index in [-0.39, 0.29) is 18.6 Å². The van der Waals surface area contributed by atoms with E-state index < -0.39 is 5.91 Å². The zero-order valence-corrected chi connectivity index (χ0v) is 12.0. The highest BCUT2D eigenvalue weighted by atomic mass is 16.5. The molecule has 3 amide bonds. The van der Waals surface area contributed by atoms with Crippen molar-refractivity contribution < 1.29 is 14.3 Å². The van der Waals surface area contributed by atoms with Crippen LogP contribution in [-0.2, 0) is 4.79 Å². The molecule has 0 aromatic heterocycles. The van der Waals surface area contributed by atoms with E-state index in [4.69, 9.17) is 10.5 Å². The van der Waals surface area contributed by atoms with Crippen molar-refractivity contribution in [2.45, 2.75) is 12.5 Å². The van der Waals surface area contributed by atoms with Crippen LogP contribution in [0.2, 0.25) is 0 Å². The van der Waals surface area contributed by atoms with Gasteiger partial charge in [-0.15, -0.1) is 0 Å². The SMILES string of the molecule is COc1ccccc1NC(=O)N(CC(N)=O)C1CCNC1. The number of nitrogens with one attached hydrogen (secondary N) is 2. The monoisotopic (exact) mass is 292 g/mol. The lowest BCUT2D eigenvalue weighted by molar-refractivity contribution is -0.118. The van der Waals surface area contributed by atoms with Gasteiger partial charge < -0.3 is 26.0 Å². The number of hydrogen-bond donors (Lipinski definition) is 3. The predicted octanol–water partition coefficient (Wildman–Crippen LogP) is 0.376. The average Bonchev–Trinajstić information content (AvgIpc) is 2.99. The molecule has 0 bridgehead atoms. The van der Waals surface area contributed by atoms with E-state index in [9.17, 15) is 9.59 Å². The van der Waals surface area contributed by atoms with Crippen molar-refractivity contribution in [2.75, 3.05) is 32.1 Å². The molecule has 7 heteroatoms. The third kappa shape index (κ3) is 3.85. The minimum atomic E-state index is -0.530. The van der Waals surface area contributed by atoms with E-state index in [1.54, 1.807) is 18.2 Å². The Bertz CT molecular complexity index is 515. The standard InChI is InChI=1S/C14H20N4O3/c1-21-12-5-3-2-4-11(12)17-14(20)18(9-13(15)19)10-6-7-16-8-10/h2-5,10,16H,6-9H2,1H3,(H2,15,19)(H,17,20). The van der Waals surface area contributed by atoms with Crippen LogP contribution in [0.25, 0.3) is 0 Å². The first kappa shape index (κ1) is 15.1. The van der Waals surface area contributed by atoms with Crippen molar-refractivity contribution in [1.82, 2.24) is 10.2 Å². The second-order valence-electron chi connectivity index (χ2n) is 4.87. The molecule has 0 spiro atoms. The molecule has 1 saturated heterocycles. The molecule has 0 saturated carbocycles. The number of carbonyl (C=O) groups excluding carboxylic acids is 2. The zero-order valence-electron chi connectivity index (χ0n) is 12.0. The lowest BCUT2D eigenvalue weighted by Crippen LogP contribution is -2.48. The molecule has 1 aromatic carbocycles. The van der Waals surface area contributed by atoms with E-state index in [0.717, 1.165) is 13.0 Å². The number of hydrogen-bond acceptors (Lipinski definition) is 4. The minimum Gasteiger partial charge on any atom is -0.495 e. The van der Waals surface area contributed by atoms with Crippen LogP contribution in [0.3, 0.4) is 0 Å². The van der Waals surface area contributed by atoms with Gasteiger partial charge in [0.25, 0.3) is 0 Å². The van der Waals surface area contributed by atoms with Crippen molar-refractivity contribution in [2.24, 2.45) is 5.73 Å². The summed E-state index contributed by atoms with van der Waals surface area (Å²) in [5, 5.41) is 5.94. The fourth-order valence-corrected chi connectivity index (χ4v) is 2.37. The fraction of sp³-hybridized carbons (Fsp3) is 0.429. The highest BCUT2D eigenvalue weighted by Gasteiger charge is 2.28. The molecule has 114 valence electrons. The van der Waals surface area contributed by atoms with Crippen LogP contribution < -0.4 is 21.1 Å². The summed E-state index contributed by atoms with van der Waals surface area (Å²) in [5.74, 6) is 0.0338. The Morgan fingerprint density at radius 1 is 1.48 bits per heavy atom. The summed E-state index contributed by atoms with van der Waals surface area (Å²) in [7, 11) is 1.53. The van der Waals surface area contributed by atoms with Gasteiger partial charge in [-0.05, 0) is 25.1 Å². The van der Waals surface area contributed by atoms with Crippen LogP contribution in [0.15, 0.2) is 24.3 Å². The summed E-state index contributed by atoms with van der Waals surface area (Å²) in [6, 6.07) is 6.72. The predicted molar refractivity (Wildman–Crippen MR) is 79.2 cm³/mol. The smallest absolute Gasteiger partial charge is 0.322 e. The molecule has 1 atom stereocenters. The van der Waals surface area contributed by atoms with E-state index in [1.165, 1.54) is 12.0 Å². The number of carbonyl (C=O) groups is 2. The second-order valence-corrected chi connectivity index (χ2v) is 4.87. The van der Waals surface area contributed by atoms with Gasteiger partial charge in [0, 0.05) is 12.6 Å². The molecular weight excluding hydrogens is 272 g/mol. The number of rotatable bonds is 5. The Hall–Kier alpha value is -2.28. The first-order chi connectivity index (χ1) is 10.1. The number of ether oxygens (including phenoxy) is 1. The van der Waals surface area contributed by atoms with E-state index in [0.29, 0.717) is 18.0 Å². The minimum absolute atomic E-state index is 0.0350. The fourth-order valence-electron chi connectivity index (χ4n) is 2.37. The number of nitrogens with zero attached hydrogens (tertiary/aromatic N) is 1. The van der Waals surface area contributed by atoms with Crippen LogP contribution in [-0.4, -0.2) is 49.6 Å². The van der Waals surface area contributed by atoms with Crippen molar-refractivity contribution in [3.05, 3.63) is 24.3 Å². The average molecular weight is 292 g/mol. The van der Waals surface area contributed by atoms with Crippen LogP contribution >= 0.6 is 0 Å². The molecule has 4 N–H and O–H groups in total. The van der Waals surface area contributed by atoms with Gasteiger partial charge in [-0.2, -0.15) is 0 Å². The first-order valence-electron chi connectivity index (χ1n) is 6.81. The lowest BCUT2D eigenvalue weighted by atomic mass is 10.2. The maximum Gasteiger partial charge on any atom is 0.322 e. The Kier molecular flexibility index (Phi) is 4.99. The number of para-hydroxylation sites is 2. The molecule has 1 aliphatic heterocycles. The number of urea groups is 1. The first-order valence-corrected chi connectivity index (χ1v) is 6.81. The van der Waals surface area contributed by atoms with Gasteiger partial charge in [-0.25, -0.2) is 4.79 Å². The Morgan fingerprint density at radius 3 is 2.86 bits per heavy atom. The molecule has 1 fully saturated rings. The van der Waals surface area contributed by atoms with Gasteiger partial charge >= 0.3 is 6.03 Å². The Balaban J connectivity index is 2.12. The summed E-state index contributed by atoms with van der Waals surface area (Å²) in [4.78, 5) is 25.1. The maximum atomic E-state index is 12.4. The molecule has 21 heavy (non-hydrogen) atoms. The molecule has 7 nitrogen and oxygen atoms in total. The third-order valence-electron chi connectivity index (χ3n) is 3.41. The summed E-state index contributed by atoms with van der Waals surface area (Å²) in [6.45, 7) is 1.38. The summed E-state index contributed by atoms with van der Waals surface area (Å²) in [5.41, 5.74) is 5.80. The highest BCUT2D eigenvalue weighted by molar-refractivity contribution is 5.93. The van der Waals surface area contributed by atoms with Crippen LogP contribution in [0.4, 0.5) is 10.5 Å². The quantitative estimate of drug-likeness (QED) is 0.730. The highest BCUT2D eigenvalue weighted by Crippen LogP contribution is 2.23. The van der Waals surface area contributed by atoms with Crippen molar-refractivity contribution in [3.63, 3.8) is 0 Å². The van der Waals surface area contributed by atoms with E-state index in [1.807, 2.05) is 6.07 Å². The number of benzene rings is 1. The van der Waals surface area contributed by atoms with Gasteiger partial charge in [0.1, 0.15) is 12.3 Å². The molecule has 1 unspecified atom stereocenters. The molecule has 0 aliphatic carbocycles. The van der Waals surface area contributed by atoms with Gasteiger partial charge in [0.15, 0.2) is 0 Å². The molecular formula is C14H20N4O3. The number of methoxy groups -OCH3 is 1. The second kappa shape index (κ2) is 6.94. The number of primary amides is 1. The molecule has 0 radical (unpaired) electrons. The third-order valence-corrected chi connectivity index (χ3v) is 3.41. The molecule has 1 aromatic rings. The normalized spacial score (nSPS) is 17.3. The van der Waals surface area contributed by atoms with E-state index in [2.05, 4.69) is 10.6 Å². The number of nitrogens with two attached hydrogens (primary N) is 1. The zero-order chi connectivity index (χ0) is 15.2. The van der Waals surface area contributed by atoms with Crippen LogP contribution in [0, 0.1) is 0 Å². The van der Waals surface area contributed by atoms with Gasteiger partial charge in [0.05, 0.1) is 12.8 Å². The van der Waals surface area contributed by atoms with E-state index >= 15 is 0 Å². The van der Waals surface area contributed by atoms with Gasteiger partial charge in [-0.1, -0.05) is 12.1 Å². The Labute approximate surface area is 123 Å². The molecule has 2 rings (SSSR count). The maximum absolute atomic E-state index is 12.4. The van der Waals surface area contributed by atoms with Crippen molar-refractivity contribution in [3.8, 4) is 5.75 Å². The van der Waals surface area contributed by atoms with Crippen molar-refractivity contribution in [1.29, 1.82) is 0 Å². The lowest BCUT2D eigenvalue weighted by Gasteiger charge is -2.27. The van der Waals surface area contributed by atoms with Gasteiger partial charge in [0.2, 0.25) is 5.91 Å². The topological polar surface area (TPSA) is 96.7 Å². The molecule has 1 heterocycles. The number of amides is 3. The van der Waals surface area contributed by atoms with Crippen LogP contribution in [0.1, 0.15) is 6.42 Å². The summed E-state index contributed by atoms with van der Waals surface area (Å²) >= 11 is 0. The van der Waals surface area contributed by atoms with Gasteiger partial charge in [-0.3, -0.25) is 4.79 Å². The Morgan fingerprint density at radius 2 is 2.24 bits per heavy atom. The van der Waals surface area contributed by atoms with Crippen molar-refractivity contribution >= 4 is 17.6 Å². The molecule has 1 aliphatic rings. The summed E-state index contributed by atoms with van der Waals surface area (Å²) in [6.07, 6.45) is 0.798. The van der Waals surface area contributed by atoms with Crippen LogP contribution in [0.5, 0.6) is 5.75 Å². The summed E-state index contributed by atoms with van der Waals surface area (Å²) < 4.78 is 5.20. The number of anilines is 1. The largest absolute Gasteiger partial charge is 0.495 e.